The third-order valence-electron chi connectivity index (χ3n) is 6.17. The minimum absolute atomic E-state index is 0.0416. The number of aliphatic imine (C=N–C) groups is 1. The average molecular weight is 435 g/mol. The highest BCUT2D eigenvalue weighted by Crippen LogP contribution is 2.32. The molecule has 0 spiro atoms. The molecule has 1 saturated carbocycles. The number of nitrogens with one attached hydrogen (secondary N) is 2. The van der Waals surface area contributed by atoms with Crippen LogP contribution in [0.4, 0.5) is 0 Å². The van der Waals surface area contributed by atoms with Gasteiger partial charge in [-0.3, -0.25) is 14.6 Å². The highest BCUT2D eigenvalue weighted by atomic mass is 16.4. The summed E-state index contributed by atoms with van der Waals surface area (Å²) in [5, 5.41) is 6.04. The fourth-order valence-electron chi connectivity index (χ4n) is 3.83. The molecule has 4 rings (SSSR count). The molecule has 0 radical (unpaired) electrons. The second kappa shape index (κ2) is 9.51. The number of hydrogen-bond acceptors (Lipinski definition) is 5. The Labute approximate surface area is 188 Å². The van der Waals surface area contributed by atoms with E-state index in [0.29, 0.717) is 23.9 Å². The molecule has 2 aromatic rings. The van der Waals surface area contributed by atoms with Gasteiger partial charge in [-0.1, -0.05) is 26.0 Å². The molecule has 1 aromatic carbocycles. The van der Waals surface area contributed by atoms with Gasteiger partial charge in [-0.15, -0.1) is 0 Å². The molecular weight excluding hydrogens is 404 g/mol. The third-order valence-corrected chi connectivity index (χ3v) is 6.17. The van der Waals surface area contributed by atoms with E-state index in [0.717, 1.165) is 29.7 Å². The summed E-state index contributed by atoms with van der Waals surface area (Å²) in [6.07, 6.45) is 7.41. The molecule has 2 amide bonds. The number of rotatable bonds is 9. The van der Waals surface area contributed by atoms with Gasteiger partial charge in [0, 0.05) is 28.8 Å². The van der Waals surface area contributed by atoms with Gasteiger partial charge in [-0.2, -0.15) is 0 Å². The number of hydrogen-bond donors (Lipinski definition) is 2. The van der Waals surface area contributed by atoms with Crippen molar-refractivity contribution in [3.05, 3.63) is 53.4 Å². The zero-order chi connectivity index (χ0) is 22.7. The van der Waals surface area contributed by atoms with E-state index in [1.54, 1.807) is 0 Å². The number of carbonyl (C=O) groups excluding carboxylic acids is 2. The number of oxazole rings is 1. The summed E-state index contributed by atoms with van der Waals surface area (Å²) >= 11 is 0. The molecule has 1 aromatic heterocycles. The number of amides is 2. The first-order chi connectivity index (χ1) is 15.5. The highest BCUT2D eigenvalue weighted by Gasteiger charge is 2.30. The predicted octanol–water partition coefficient (Wildman–Crippen LogP) is 3.90. The molecule has 1 aliphatic carbocycles. The number of allylic oxidation sites excluding steroid dienone is 1. The Morgan fingerprint density at radius 1 is 1.12 bits per heavy atom. The molecule has 2 aliphatic rings. The molecule has 1 atom stereocenters. The first kappa shape index (κ1) is 22.0. The second-order valence-corrected chi connectivity index (χ2v) is 8.57. The Morgan fingerprint density at radius 2 is 1.88 bits per heavy atom. The first-order valence-electron chi connectivity index (χ1n) is 11.4. The molecule has 0 unspecified atom stereocenters. The van der Waals surface area contributed by atoms with Crippen LogP contribution in [0.5, 0.6) is 0 Å². The van der Waals surface area contributed by atoms with Crippen molar-refractivity contribution >= 4 is 17.5 Å². The summed E-state index contributed by atoms with van der Waals surface area (Å²) in [5.74, 6) is 0.882. The molecule has 2 N–H and O–H groups in total. The maximum absolute atomic E-state index is 12.5. The molecule has 2 heterocycles. The standard InChI is InChI=1S/C25H30N4O3/c1-4-20(5-2)29-24(31)22-14-27-25(32-22)18-8-6-7-17(11-18)21-12-19(13-26-21)23(30)28-15(3)16-9-10-16/h6-8,11-12,14-16,20H,4-5,9-10,13H2,1-3H3,(H,28,30)(H,29,31)/t15-/m1/s1. The van der Waals surface area contributed by atoms with Gasteiger partial charge in [-0.05, 0) is 56.7 Å². The zero-order valence-corrected chi connectivity index (χ0v) is 18.9. The van der Waals surface area contributed by atoms with Crippen LogP contribution in [0.1, 0.15) is 62.6 Å². The maximum atomic E-state index is 12.5. The van der Waals surface area contributed by atoms with Crippen molar-refractivity contribution in [2.45, 2.75) is 58.5 Å². The third kappa shape index (κ3) is 4.98. The van der Waals surface area contributed by atoms with Crippen LogP contribution >= 0.6 is 0 Å². The van der Waals surface area contributed by atoms with Crippen molar-refractivity contribution < 1.29 is 14.0 Å². The van der Waals surface area contributed by atoms with Gasteiger partial charge < -0.3 is 15.1 Å². The summed E-state index contributed by atoms with van der Waals surface area (Å²) in [6.45, 7) is 6.51. The van der Waals surface area contributed by atoms with Crippen LogP contribution in [-0.2, 0) is 4.79 Å². The van der Waals surface area contributed by atoms with E-state index in [2.05, 4.69) is 27.5 Å². The van der Waals surface area contributed by atoms with Crippen molar-refractivity contribution in [3.63, 3.8) is 0 Å². The maximum Gasteiger partial charge on any atom is 0.288 e. The minimum Gasteiger partial charge on any atom is -0.431 e. The van der Waals surface area contributed by atoms with Gasteiger partial charge in [0.25, 0.3) is 5.91 Å². The van der Waals surface area contributed by atoms with Gasteiger partial charge in [0.15, 0.2) is 0 Å². The molecule has 0 saturated heterocycles. The molecule has 0 bridgehead atoms. The van der Waals surface area contributed by atoms with E-state index in [9.17, 15) is 9.59 Å². The van der Waals surface area contributed by atoms with E-state index < -0.39 is 0 Å². The summed E-state index contributed by atoms with van der Waals surface area (Å²) in [4.78, 5) is 33.8. The van der Waals surface area contributed by atoms with Gasteiger partial charge in [0.1, 0.15) is 0 Å². The fraction of sp³-hybridized carbons (Fsp3) is 0.440. The molecule has 168 valence electrons. The summed E-state index contributed by atoms with van der Waals surface area (Å²) in [6, 6.07) is 7.94. The number of nitrogens with zero attached hydrogens (tertiary/aromatic N) is 2. The van der Waals surface area contributed by atoms with E-state index in [-0.39, 0.29) is 29.7 Å². The lowest BCUT2D eigenvalue weighted by molar-refractivity contribution is -0.118. The van der Waals surface area contributed by atoms with Crippen LogP contribution in [0.3, 0.4) is 0 Å². The van der Waals surface area contributed by atoms with Crippen molar-refractivity contribution in [1.82, 2.24) is 15.6 Å². The fourth-order valence-corrected chi connectivity index (χ4v) is 3.83. The van der Waals surface area contributed by atoms with Gasteiger partial charge in [-0.25, -0.2) is 4.98 Å². The van der Waals surface area contributed by atoms with Crippen molar-refractivity contribution in [3.8, 4) is 11.5 Å². The van der Waals surface area contributed by atoms with Crippen LogP contribution in [0.2, 0.25) is 0 Å². The lowest BCUT2D eigenvalue weighted by Gasteiger charge is -2.12. The molecule has 1 fully saturated rings. The van der Waals surface area contributed by atoms with Crippen LogP contribution in [0, 0.1) is 5.92 Å². The zero-order valence-electron chi connectivity index (χ0n) is 18.9. The lowest BCUT2D eigenvalue weighted by atomic mass is 10.1. The van der Waals surface area contributed by atoms with E-state index >= 15 is 0 Å². The summed E-state index contributed by atoms with van der Waals surface area (Å²) in [5.41, 5.74) is 3.06. The molecule has 7 heteroatoms. The number of aromatic nitrogens is 1. The van der Waals surface area contributed by atoms with Gasteiger partial charge in [0.05, 0.1) is 18.5 Å². The second-order valence-electron chi connectivity index (χ2n) is 8.57. The summed E-state index contributed by atoms with van der Waals surface area (Å²) in [7, 11) is 0. The molecule has 1 aliphatic heterocycles. The topological polar surface area (TPSA) is 96.6 Å². The van der Waals surface area contributed by atoms with Crippen molar-refractivity contribution in [2.75, 3.05) is 6.54 Å². The van der Waals surface area contributed by atoms with Crippen LogP contribution in [0.25, 0.3) is 11.5 Å². The predicted molar refractivity (Wildman–Crippen MR) is 124 cm³/mol. The Balaban J connectivity index is 1.45. The Hall–Kier alpha value is -3.22. The Bertz CT molecular complexity index is 1060. The van der Waals surface area contributed by atoms with Crippen molar-refractivity contribution in [2.24, 2.45) is 10.9 Å². The molecule has 32 heavy (non-hydrogen) atoms. The SMILES string of the molecule is CCC(CC)NC(=O)c1cnc(-c2cccc(C3=NCC(C(=O)N[C@H](C)C4CC4)=C3)c2)o1. The Morgan fingerprint density at radius 3 is 2.59 bits per heavy atom. The minimum atomic E-state index is -0.257. The Kier molecular flexibility index (Phi) is 6.53. The number of carbonyl (C=O) groups is 2. The first-order valence-corrected chi connectivity index (χ1v) is 11.4. The van der Waals surface area contributed by atoms with Crippen molar-refractivity contribution in [1.29, 1.82) is 0 Å². The monoisotopic (exact) mass is 434 g/mol. The van der Waals surface area contributed by atoms with Crippen LogP contribution < -0.4 is 10.6 Å². The lowest BCUT2D eigenvalue weighted by Crippen LogP contribution is -2.35. The van der Waals surface area contributed by atoms with Gasteiger partial charge in [0.2, 0.25) is 17.6 Å². The highest BCUT2D eigenvalue weighted by molar-refractivity contribution is 6.15. The van der Waals surface area contributed by atoms with Crippen LogP contribution in [0.15, 0.2) is 51.5 Å². The quantitative estimate of drug-likeness (QED) is 0.625. The van der Waals surface area contributed by atoms with E-state index in [4.69, 9.17) is 4.42 Å². The average Bonchev–Trinajstić information content (AvgIpc) is 3.33. The smallest absolute Gasteiger partial charge is 0.288 e. The largest absolute Gasteiger partial charge is 0.431 e. The van der Waals surface area contributed by atoms with Crippen LogP contribution in [-0.4, -0.2) is 41.1 Å². The molecular formula is C25H30N4O3. The molecule has 7 nitrogen and oxygen atoms in total. The van der Waals surface area contributed by atoms with Gasteiger partial charge >= 0.3 is 0 Å². The van der Waals surface area contributed by atoms with E-state index in [1.165, 1.54) is 19.0 Å². The normalized spacial score (nSPS) is 16.5. The summed E-state index contributed by atoms with van der Waals surface area (Å²) < 4.78 is 5.73. The van der Waals surface area contributed by atoms with E-state index in [1.807, 2.05) is 44.2 Å². The number of benzene rings is 1.